The lowest BCUT2D eigenvalue weighted by Gasteiger charge is -2.19. The van der Waals surface area contributed by atoms with Gasteiger partial charge in [-0.05, 0) is 61.8 Å². The summed E-state index contributed by atoms with van der Waals surface area (Å²) >= 11 is 0. The predicted octanol–water partition coefficient (Wildman–Crippen LogP) is 1.56. The summed E-state index contributed by atoms with van der Waals surface area (Å²) in [6.45, 7) is 0. The maximum atomic E-state index is 12.8. The summed E-state index contributed by atoms with van der Waals surface area (Å²) in [4.78, 5) is 25.6. The van der Waals surface area contributed by atoms with E-state index in [4.69, 9.17) is 11.5 Å². The number of nitrogen functional groups attached to an aromatic ring is 2. The molecule has 10 heteroatoms. The maximum absolute atomic E-state index is 12.8. The van der Waals surface area contributed by atoms with Crippen molar-refractivity contribution in [1.29, 1.82) is 0 Å². The Morgan fingerprint density at radius 1 is 1.06 bits per heavy atom. The molecule has 2 fully saturated rings. The molecule has 3 heterocycles. The number of anilines is 2. The molecular formula is C24H27N7O3. The van der Waals surface area contributed by atoms with Crippen LogP contribution in [0.3, 0.4) is 0 Å². The van der Waals surface area contributed by atoms with Gasteiger partial charge < -0.3 is 26.2 Å². The van der Waals surface area contributed by atoms with Crippen LogP contribution >= 0.6 is 0 Å². The molecule has 6 N–H and O–H groups in total. The van der Waals surface area contributed by atoms with Crippen molar-refractivity contribution in [2.75, 3.05) is 11.5 Å². The SMILES string of the molecule is Nc1ncnc2c1ccn2[C@@H]1C[C@H](CCc2ccc3c(=O)n(C4CC4)c(N)nc3c2)[C@@H](O)[C@H]1O. The molecular weight excluding hydrogens is 434 g/mol. The smallest absolute Gasteiger partial charge is 0.263 e. The van der Waals surface area contributed by atoms with Gasteiger partial charge in [0.2, 0.25) is 5.95 Å². The van der Waals surface area contributed by atoms with Crippen molar-refractivity contribution in [3.8, 4) is 0 Å². The Kier molecular flexibility index (Phi) is 4.82. The number of nitrogens with zero attached hydrogens (tertiary/aromatic N) is 5. The minimum atomic E-state index is -0.907. The van der Waals surface area contributed by atoms with Crippen LogP contribution in [0.1, 0.15) is 43.3 Å². The van der Waals surface area contributed by atoms with Gasteiger partial charge in [0.15, 0.2) is 0 Å². The summed E-state index contributed by atoms with van der Waals surface area (Å²) in [5.41, 5.74) is 14.2. The average molecular weight is 462 g/mol. The Balaban J connectivity index is 1.21. The van der Waals surface area contributed by atoms with Crippen molar-refractivity contribution in [1.82, 2.24) is 24.1 Å². The van der Waals surface area contributed by atoms with Crippen LogP contribution in [0.25, 0.3) is 21.9 Å². The highest BCUT2D eigenvalue weighted by Gasteiger charge is 2.42. The van der Waals surface area contributed by atoms with E-state index in [0.717, 1.165) is 23.8 Å². The number of aryl methyl sites for hydroxylation is 1. The van der Waals surface area contributed by atoms with Crippen LogP contribution in [0.4, 0.5) is 11.8 Å². The van der Waals surface area contributed by atoms with Gasteiger partial charge in [-0.25, -0.2) is 15.0 Å². The maximum Gasteiger partial charge on any atom is 0.263 e. The van der Waals surface area contributed by atoms with E-state index in [9.17, 15) is 15.0 Å². The van der Waals surface area contributed by atoms with Crippen LogP contribution in [0.15, 0.2) is 41.6 Å². The first kappa shape index (κ1) is 21.1. The molecule has 0 radical (unpaired) electrons. The molecule has 2 saturated carbocycles. The second kappa shape index (κ2) is 7.78. The van der Waals surface area contributed by atoms with Crippen molar-refractivity contribution in [3.05, 3.63) is 52.7 Å². The zero-order valence-corrected chi connectivity index (χ0v) is 18.6. The molecule has 34 heavy (non-hydrogen) atoms. The molecule has 0 amide bonds. The van der Waals surface area contributed by atoms with E-state index in [-0.39, 0.29) is 29.5 Å². The van der Waals surface area contributed by atoms with Gasteiger partial charge in [-0.2, -0.15) is 0 Å². The minimum absolute atomic E-state index is 0.0860. The minimum Gasteiger partial charge on any atom is -0.390 e. The van der Waals surface area contributed by atoms with E-state index >= 15 is 0 Å². The number of hydrogen-bond donors (Lipinski definition) is 4. The summed E-state index contributed by atoms with van der Waals surface area (Å²) in [6, 6.07) is 7.36. The summed E-state index contributed by atoms with van der Waals surface area (Å²) < 4.78 is 3.48. The zero-order chi connectivity index (χ0) is 23.6. The molecule has 4 aromatic rings. The number of rotatable bonds is 5. The molecule has 0 unspecified atom stereocenters. The number of aliphatic hydroxyl groups excluding tert-OH is 2. The topological polar surface area (TPSA) is 158 Å². The number of aromatic nitrogens is 5. The van der Waals surface area contributed by atoms with Crippen LogP contribution in [0.2, 0.25) is 0 Å². The van der Waals surface area contributed by atoms with Crippen LogP contribution < -0.4 is 17.0 Å². The summed E-state index contributed by atoms with van der Waals surface area (Å²) in [5, 5.41) is 22.9. The van der Waals surface area contributed by atoms with Crippen molar-refractivity contribution >= 4 is 33.7 Å². The predicted molar refractivity (Wildman–Crippen MR) is 128 cm³/mol. The first-order valence-electron chi connectivity index (χ1n) is 11.7. The van der Waals surface area contributed by atoms with Crippen LogP contribution in [-0.4, -0.2) is 46.5 Å². The van der Waals surface area contributed by atoms with E-state index in [1.807, 2.05) is 35.0 Å². The molecule has 2 aliphatic rings. The zero-order valence-electron chi connectivity index (χ0n) is 18.6. The van der Waals surface area contributed by atoms with E-state index in [1.54, 1.807) is 4.57 Å². The van der Waals surface area contributed by atoms with Gasteiger partial charge in [0.25, 0.3) is 5.56 Å². The normalized spacial score (nSPS) is 24.9. The molecule has 4 atom stereocenters. The number of fused-ring (bicyclic) bond motifs is 2. The lowest BCUT2D eigenvalue weighted by Crippen LogP contribution is -2.29. The fourth-order valence-electron chi connectivity index (χ4n) is 5.38. The quantitative estimate of drug-likeness (QED) is 0.348. The Labute approximate surface area is 194 Å². The van der Waals surface area contributed by atoms with Crippen molar-refractivity contribution in [3.63, 3.8) is 0 Å². The molecule has 0 aliphatic heterocycles. The molecule has 0 spiro atoms. The van der Waals surface area contributed by atoms with Gasteiger partial charge in [-0.1, -0.05) is 6.07 Å². The monoisotopic (exact) mass is 461 g/mol. The highest BCUT2D eigenvalue weighted by atomic mass is 16.3. The number of aliphatic hydroxyl groups is 2. The number of nitrogens with two attached hydrogens (primary N) is 2. The fourth-order valence-corrected chi connectivity index (χ4v) is 5.38. The summed E-state index contributed by atoms with van der Waals surface area (Å²) in [5.74, 6) is 0.564. The standard InChI is InChI=1S/C24H27N7O3/c25-21-16-7-8-30(22(16)28-11-27-21)18-10-13(19(32)20(18)33)3-1-12-2-6-15-17(9-12)29-24(26)31(23(15)34)14-4-5-14/h2,6-9,11,13-14,18-20,32-33H,1,3-5,10H2,(H2,26,29)(H2,25,27,28)/t13-,18+,19+,20-/m0/s1. The Bertz CT molecular complexity index is 1460. The Morgan fingerprint density at radius 3 is 2.68 bits per heavy atom. The molecule has 6 rings (SSSR count). The third kappa shape index (κ3) is 3.33. The number of hydrogen-bond acceptors (Lipinski definition) is 8. The first-order chi connectivity index (χ1) is 16.4. The Hall–Kier alpha value is -3.50. The fraction of sp³-hybridized carbons (Fsp3) is 0.417. The average Bonchev–Trinajstić information content (AvgIpc) is 3.49. The van der Waals surface area contributed by atoms with Crippen LogP contribution in [-0.2, 0) is 6.42 Å². The van der Waals surface area contributed by atoms with Gasteiger partial charge in [0.1, 0.15) is 23.9 Å². The first-order valence-corrected chi connectivity index (χ1v) is 11.7. The van der Waals surface area contributed by atoms with Crippen molar-refractivity contribution in [2.45, 2.75) is 56.4 Å². The summed E-state index contributed by atoms with van der Waals surface area (Å²) in [7, 11) is 0. The second-order valence-electron chi connectivity index (χ2n) is 9.53. The van der Waals surface area contributed by atoms with E-state index < -0.39 is 12.2 Å². The molecule has 10 nitrogen and oxygen atoms in total. The largest absolute Gasteiger partial charge is 0.390 e. The molecule has 176 valence electrons. The third-order valence-corrected chi connectivity index (χ3v) is 7.38. The summed E-state index contributed by atoms with van der Waals surface area (Å²) in [6.07, 6.45) is 5.40. The molecule has 0 saturated heterocycles. The lowest BCUT2D eigenvalue weighted by atomic mass is 9.95. The van der Waals surface area contributed by atoms with Gasteiger partial charge in [0.05, 0.1) is 28.4 Å². The number of benzene rings is 1. The van der Waals surface area contributed by atoms with Crippen LogP contribution in [0.5, 0.6) is 0 Å². The van der Waals surface area contributed by atoms with E-state index in [1.165, 1.54) is 6.33 Å². The molecule has 2 aliphatic carbocycles. The highest BCUT2D eigenvalue weighted by molar-refractivity contribution is 5.86. The highest BCUT2D eigenvalue weighted by Crippen LogP contribution is 2.40. The van der Waals surface area contributed by atoms with E-state index in [2.05, 4.69) is 15.0 Å². The van der Waals surface area contributed by atoms with Gasteiger partial charge >= 0.3 is 0 Å². The van der Waals surface area contributed by atoms with Crippen molar-refractivity contribution in [2.24, 2.45) is 5.92 Å². The second-order valence-corrected chi connectivity index (χ2v) is 9.53. The molecule has 1 aromatic carbocycles. The molecule has 3 aromatic heterocycles. The van der Waals surface area contributed by atoms with Gasteiger partial charge in [0, 0.05) is 12.2 Å². The van der Waals surface area contributed by atoms with E-state index in [0.29, 0.717) is 41.6 Å². The van der Waals surface area contributed by atoms with Gasteiger partial charge in [-0.15, -0.1) is 0 Å². The lowest BCUT2D eigenvalue weighted by molar-refractivity contribution is 0.00545. The Morgan fingerprint density at radius 2 is 1.88 bits per heavy atom. The van der Waals surface area contributed by atoms with Crippen LogP contribution in [0, 0.1) is 5.92 Å². The van der Waals surface area contributed by atoms with Gasteiger partial charge in [-0.3, -0.25) is 9.36 Å². The molecule has 0 bridgehead atoms. The van der Waals surface area contributed by atoms with Crippen molar-refractivity contribution < 1.29 is 10.2 Å². The third-order valence-electron chi connectivity index (χ3n) is 7.38.